The first-order valence-electron chi connectivity index (χ1n) is 6.72. The average molecular weight is 306 g/mol. The molecule has 22 heavy (non-hydrogen) atoms. The number of esters is 2. The standard InChI is InChI=1S/C16H18O6/c1-8-6-10(12(17)13(20-5)9(8)2)7-11-14(18)21-16(3,4)22-15(11)19/h6-7,17H,1-5H3. The molecule has 0 aromatic heterocycles. The van der Waals surface area contributed by atoms with Crippen LogP contribution in [0.25, 0.3) is 6.08 Å². The largest absolute Gasteiger partial charge is 0.504 e. The molecule has 0 bridgehead atoms. The summed E-state index contributed by atoms with van der Waals surface area (Å²) in [6.45, 7) is 6.57. The van der Waals surface area contributed by atoms with E-state index < -0.39 is 17.7 Å². The van der Waals surface area contributed by atoms with Crippen LogP contribution in [0.15, 0.2) is 11.6 Å². The molecule has 1 saturated heterocycles. The molecule has 0 radical (unpaired) electrons. The van der Waals surface area contributed by atoms with Gasteiger partial charge in [-0.25, -0.2) is 9.59 Å². The van der Waals surface area contributed by atoms with E-state index >= 15 is 0 Å². The van der Waals surface area contributed by atoms with Crippen molar-refractivity contribution in [2.24, 2.45) is 0 Å². The highest BCUT2D eigenvalue weighted by Crippen LogP contribution is 2.37. The maximum Gasteiger partial charge on any atom is 0.348 e. The molecule has 0 amide bonds. The highest BCUT2D eigenvalue weighted by Gasteiger charge is 2.39. The van der Waals surface area contributed by atoms with Gasteiger partial charge in [0.05, 0.1) is 7.11 Å². The maximum atomic E-state index is 11.9. The van der Waals surface area contributed by atoms with Gasteiger partial charge in [0.2, 0.25) is 0 Å². The Balaban J connectivity index is 2.52. The lowest BCUT2D eigenvalue weighted by atomic mass is 10.0. The van der Waals surface area contributed by atoms with E-state index in [0.29, 0.717) is 5.75 Å². The summed E-state index contributed by atoms with van der Waals surface area (Å²) in [7, 11) is 1.43. The van der Waals surface area contributed by atoms with Gasteiger partial charge in [-0.3, -0.25) is 0 Å². The molecule has 1 aromatic carbocycles. The molecule has 6 heteroatoms. The van der Waals surface area contributed by atoms with Crippen LogP contribution >= 0.6 is 0 Å². The monoisotopic (exact) mass is 306 g/mol. The number of benzene rings is 1. The number of aromatic hydroxyl groups is 1. The minimum absolute atomic E-state index is 0.150. The van der Waals surface area contributed by atoms with Crippen LogP contribution in [0.4, 0.5) is 0 Å². The number of ether oxygens (including phenoxy) is 3. The quantitative estimate of drug-likeness (QED) is 0.512. The van der Waals surface area contributed by atoms with Crippen LogP contribution < -0.4 is 4.74 Å². The third-order valence-corrected chi connectivity index (χ3v) is 3.41. The van der Waals surface area contributed by atoms with Gasteiger partial charge in [0.25, 0.3) is 5.79 Å². The predicted molar refractivity (Wildman–Crippen MR) is 78.4 cm³/mol. The van der Waals surface area contributed by atoms with Gasteiger partial charge in [0, 0.05) is 19.4 Å². The normalized spacial score (nSPS) is 16.9. The Morgan fingerprint density at radius 3 is 2.23 bits per heavy atom. The van der Waals surface area contributed by atoms with Gasteiger partial charge in [-0.05, 0) is 37.1 Å². The third-order valence-electron chi connectivity index (χ3n) is 3.41. The van der Waals surface area contributed by atoms with Crippen molar-refractivity contribution in [3.8, 4) is 11.5 Å². The molecule has 0 saturated carbocycles. The van der Waals surface area contributed by atoms with Gasteiger partial charge in [-0.15, -0.1) is 0 Å². The number of cyclic esters (lactones) is 2. The van der Waals surface area contributed by atoms with Gasteiger partial charge < -0.3 is 19.3 Å². The maximum absolute atomic E-state index is 11.9. The van der Waals surface area contributed by atoms with Crippen LogP contribution in [0.3, 0.4) is 0 Å². The number of hydrogen-bond acceptors (Lipinski definition) is 6. The fourth-order valence-corrected chi connectivity index (χ4v) is 2.19. The van der Waals surface area contributed by atoms with Crippen LogP contribution in [0.1, 0.15) is 30.5 Å². The summed E-state index contributed by atoms with van der Waals surface area (Å²) in [6, 6.07) is 1.65. The second kappa shape index (κ2) is 5.36. The average Bonchev–Trinajstić information content (AvgIpc) is 2.39. The van der Waals surface area contributed by atoms with Crippen LogP contribution in [-0.2, 0) is 19.1 Å². The molecular weight excluding hydrogens is 288 g/mol. The van der Waals surface area contributed by atoms with E-state index in [2.05, 4.69) is 0 Å². The highest BCUT2D eigenvalue weighted by molar-refractivity contribution is 6.19. The molecule has 0 spiro atoms. The van der Waals surface area contributed by atoms with Crippen LogP contribution in [0.5, 0.6) is 11.5 Å². The van der Waals surface area contributed by atoms with Crippen molar-refractivity contribution >= 4 is 18.0 Å². The van der Waals surface area contributed by atoms with Gasteiger partial charge in [0.1, 0.15) is 5.57 Å². The lowest BCUT2D eigenvalue weighted by Gasteiger charge is -2.29. The first-order chi connectivity index (χ1) is 10.2. The zero-order chi connectivity index (χ0) is 16.7. The SMILES string of the molecule is COc1c(C)c(C)cc(C=C2C(=O)OC(C)(C)OC2=O)c1O. The number of phenols is 1. The van der Waals surface area contributed by atoms with Gasteiger partial charge in [-0.1, -0.05) is 0 Å². The summed E-state index contributed by atoms with van der Waals surface area (Å²) < 4.78 is 15.2. The Kier molecular flexibility index (Phi) is 3.87. The Hall–Kier alpha value is -2.50. The lowest BCUT2D eigenvalue weighted by molar-refractivity contribution is -0.222. The Morgan fingerprint density at radius 1 is 1.18 bits per heavy atom. The van der Waals surface area contributed by atoms with Crippen molar-refractivity contribution in [1.29, 1.82) is 0 Å². The van der Waals surface area contributed by atoms with E-state index in [0.717, 1.165) is 11.1 Å². The second-order valence-corrected chi connectivity index (χ2v) is 5.53. The van der Waals surface area contributed by atoms with E-state index in [-0.39, 0.29) is 16.9 Å². The van der Waals surface area contributed by atoms with Crippen LogP contribution in [0, 0.1) is 13.8 Å². The molecule has 0 unspecified atom stereocenters. The fourth-order valence-electron chi connectivity index (χ4n) is 2.19. The van der Waals surface area contributed by atoms with Crippen molar-refractivity contribution in [3.05, 3.63) is 28.3 Å². The zero-order valence-corrected chi connectivity index (χ0v) is 13.1. The molecule has 1 aromatic rings. The molecule has 1 aliphatic heterocycles. The van der Waals surface area contributed by atoms with Crippen molar-refractivity contribution in [2.45, 2.75) is 33.5 Å². The number of phenolic OH excluding ortho intramolecular Hbond substituents is 1. The summed E-state index contributed by atoms with van der Waals surface area (Å²) in [5.41, 5.74) is 1.62. The molecule has 118 valence electrons. The summed E-state index contributed by atoms with van der Waals surface area (Å²) in [5.74, 6) is -2.74. The molecule has 1 N–H and O–H groups in total. The molecule has 1 fully saturated rings. The number of carbonyl (C=O) groups is 2. The number of methoxy groups -OCH3 is 1. The van der Waals surface area contributed by atoms with E-state index in [1.54, 1.807) is 13.0 Å². The van der Waals surface area contributed by atoms with Crippen LogP contribution in [-0.4, -0.2) is 29.9 Å². The smallest absolute Gasteiger partial charge is 0.348 e. The second-order valence-electron chi connectivity index (χ2n) is 5.53. The highest BCUT2D eigenvalue weighted by atomic mass is 16.7. The van der Waals surface area contributed by atoms with E-state index in [9.17, 15) is 14.7 Å². The molecule has 6 nitrogen and oxygen atoms in total. The molecular formula is C16H18O6. The van der Waals surface area contributed by atoms with E-state index in [1.165, 1.54) is 27.0 Å². The topological polar surface area (TPSA) is 82.1 Å². The van der Waals surface area contributed by atoms with Crippen molar-refractivity contribution < 1.29 is 28.9 Å². The molecule has 0 aliphatic carbocycles. The van der Waals surface area contributed by atoms with Crippen molar-refractivity contribution in [1.82, 2.24) is 0 Å². The van der Waals surface area contributed by atoms with Crippen LogP contribution in [0.2, 0.25) is 0 Å². The summed E-state index contributed by atoms with van der Waals surface area (Å²) in [4.78, 5) is 23.9. The first kappa shape index (κ1) is 15.9. The third kappa shape index (κ3) is 2.77. The van der Waals surface area contributed by atoms with Crippen molar-refractivity contribution in [3.63, 3.8) is 0 Å². The molecule has 1 heterocycles. The summed E-state index contributed by atoms with van der Waals surface area (Å²) in [6.07, 6.45) is 1.24. The van der Waals surface area contributed by atoms with Gasteiger partial charge in [0.15, 0.2) is 11.5 Å². The first-order valence-corrected chi connectivity index (χ1v) is 6.72. The fraction of sp³-hybridized carbons (Fsp3) is 0.375. The number of rotatable bonds is 2. The number of aryl methyl sites for hydroxylation is 1. The minimum atomic E-state index is -1.30. The predicted octanol–water partition coefficient (Wildman–Crippen LogP) is 2.24. The van der Waals surface area contributed by atoms with E-state index in [1.807, 2.05) is 6.92 Å². The van der Waals surface area contributed by atoms with Gasteiger partial charge in [-0.2, -0.15) is 0 Å². The molecule has 1 aliphatic rings. The number of carbonyl (C=O) groups excluding carboxylic acids is 2. The minimum Gasteiger partial charge on any atom is -0.504 e. The lowest BCUT2D eigenvalue weighted by Crippen LogP contribution is -2.41. The van der Waals surface area contributed by atoms with Gasteiger partial charge >= 0.3 is 11.9 Å². The Morgan fingerprint density at radius 2 is 1.73 bits per heavy atom. The molecule has 2 rings (SSSR count). The Bertz CT molecular complexity index is 662. The molecule has 0 atom stereocenters. The van der Waals surface area contributed by atoms with Crippen molar-refractivity contribution in [2.75, 3.05) is 7.11 Å². The summed E-state index contributed by atoms with van der Waals surface area (Å²) >= 11 is 0. The Labute approximate surface area is 128 Å². The van der Waals surface area contributed by atoms with E-state index in [4.69, 9.17) is 14.2 Å². The zero-order valence-electron chi connectivity index (χ0n) is 13.1. The number of hydrogen-bond donors (Lipinski definition) is 1. The summed E-state index contributed by atoms with van der Waals surface area (Å²) in [5, 5.41) is 10.2.